The van der Waals surface area contributed by atoms with Crippen LogP contribution in [0.1, 0.15) is 37.4 Å². The van der Waals surface area contributed by atoms with Gasteiger partial charge in [-0.3, -0.25) is 0 Å². The van der Waals surface area contributed by atoms with Crippen molar-refractivity contribution < 1.29 is 13.2 Å². The van der Waals surface area contributed by atoms with E-state index in [1.54, 1.807) is 6.92 Å². The lowest BCUT2D eigenvalue weighted by Crippen LogP contribution is -2.13. The zero-order chi connectivity index (χ0) is 14.5. The Bertz CT molecular complexity index is 509. The van der Waals surface area contributed by atoms with Crippen LogP contribution in [0.2, 0.25) is 0 Å². The lowest BCUT2D eigenvalue weighted by molar-refractivity contribution is 0.313. The van der Waals surface area contributed by atoms with E-state index < -0.39 is 9.84 Å². The number of sulfone groups is 1. The second kappa shape index (κ2) is 6.91. The molecule has 0 fully saturated rings. The smallest absolute Gasteiger partial charge is 0.150 e. The van der Waals surface area contributed by atoms with Crippen LogP contribution in [0.25, 0.3) is 0 Å². The Labute approximate surface area is 115 Å². The standard InChI is InChI=1S/C14H23NO3S/c1-4-19(16,17)9-5-8-18-14-7-6-11(2)10-13(14)12(3)15/h6-7,10,12H,4-5,8-9,15H2,1-3H3/t12-/m1/s1. The molecule has 0 unspecified atom stereocenters. The van der Waals surface area contributed by atoms with Crippen LogP contribution in [0, 0.1) is 6.92 Å². The first-order valence-corrected chi connectivity index (χ1v) is 8.37. The van der Waals surface area contributed by atoms with Gasteiger partial charge in [0.1, 0.15) is 15.6 Å². The summed E-state index contributed by atoms with van der Waals surface area (Å²) in [5.41, 5.74) is 7.99. The minimum atomic E-state index is -2.91. The second-order valence-electron chi connectivity index (χ2n) is 4.77. The van der Waals surface area contributed by atoms with E-state index in [4.69, 9.17) is 10.5 Å². The third-order valence-electron chi connectivity index (χ3n) is 2.95. The highest BCUT2D eigenvalue weighted by atomic mass is 32.2. The van der Waals surface area contributed by atoms with Gasteiger partial charge in [0.05, 0.1) is 12.4 Å². The predicted octanol–water partition coefficient (Wildman–Crippen LogP) is 2.22. The minimum absolute atomic E-state index is 0.103. The third kappa shape index (κ3) is 5.20. The van der Waals surface area contributed by atoms with E-state index >= 15 is 0 Å². The van der Waals surface area contributed by atoms with Crippen molar-refractivity contribution in [3.05, 3.63) is 29.3 Å². The molecule has 1 rings (SSSR count). The van der Waals surface area contributed by atoms with Gasteiger partial charge in [-0.15, -0.1) is 0 Å². The van der Waals surface area contributed by atoms with Crippen LogP contribution in [-0.4, -0.2) is 26.5 Å². The molecule has 0 aliphatic carbocycles. The van der Waals surface area contributed by atoms with E-state index in [0.29, 0.717) is 13.0 Å². The quantitative estimate of drug-likeness (QED) is 0.780. The van der Waals surface area contributed by atoms with Crippen LogP contribution in [0.5, 0.6) is 5.75 Å². The maximum Gasteiger partial charge on any atom is 0.150 e. The second-order valence-corrected chi connectivity index (χ2v) is 7.24. The lowest BCUT2D eigenvalue weighted by Gasteiger charge is -2.14. The highest BCUT2D eigenvalue weighted by molar-refractivity contribution is 7.91. The number of ether oxygens (including phenoxy) is 1. The van der Waals surface area contributed by atoms with E-state index in [1.165, 1.54) is 0 Å². The fourth-order valence-electron chi connectivity index (χ4n) is 1.76. The summed E-state index contributed by atoms with van der Waals surface area (Å²) in [5.74, 6) is 1.10. The predicted molar refractivity (Wildman–Crippen MR) is 78.2 cm³/mol. The number of hydrogen-bond acceptors (Lipinski definition) is 4. The average Bonchev–Trinajstić information content (AvgIpc) is 2.36. The van der Waals surface area contributed by atoms with Gasteiger partial charge in [0.25, 0.3) is 0 Å². The zero-order valence-corrected chi connectivity index (χ0v) is 12.7. The molecule has 0 heterocycles. The molecule has 5 heteroatoms. The van der Waals surface area contributed by atoms with E-state index in [9.17, 15) is 8.42 Å². The van der Waals surface area contributed by atoms with Crippen molar-refractivity contribution in [3.63, 3.8) is 0 Å². The summed E-state index contributed by atoms with van der Waals surface area (Å²) in [6.07, 6.45) is 0.502. The summed E-state index contributed by atoms with van der Waals surface area (Å²) in [4.78, 5) is 0. The molecule has 0 aliphatic rings. The Hall–Kier alpha value is -1.07. The molecule has 0 radical (unpaired) electrons. The normalized spacial score (nSPS) is 13.3. The Balaban J connectivity index is 2.59. The SMILES string of the molecule is CCS(=O)(=O)CCCOc1ccc(C)cc1[C@@H](C)N. The number of hydrogen-bond donors (Lipinski definition) is 1. The van der Waals surface area contributed by atoms with Crippen molar-refractivity contribution in [2.24, 2.45) is 5.73 Å². The highest BCUT2D eigenvalue weighted by Crippen LogP contribution is 2.25. The molecular formula is C14H23NO3S. The molecule has 0 saturated carbocycles. The van der Waals surface area contributed by atoms with Crippen molar-refractivity contribution in [3.8, 4) is 5.75 Å². The highest BCUT2D eigenvalue weighted by Gasteiger charge is 2.10. The largest absolute Gasteiger partial charge is 0.493 e. The number of rotatable bonds is 7. The van der Waals surface area contributed by atoms with Crippen molar-refractivity contribution in [1.29, 1.82) is 0 Å². The van der Waals surface area contributed by atoms with E-state index in [1.807, 2.05) is 32.0 Å². The summed E-state index contributed by atoms with van der Waals surface area (Å²) in [6.45, 7) is 5.96. The molecule has 0 amide bonds. The molecule has 0 spiro atoms. The average molecular weight is 285 g/mol. The van der Waals surface area contributed by atoms with Crippen LogP contribution in [0.15, 0.2) is 18.2 Å². The van der Waals surface area contributed by atoms with Gasteiger partial charge in [-0.05, 0) is 26.3 Å². The van der Waals surface area contributed by atoms with Crippen molar-refractivity contribution in [2.75, 3.05) is 18.1 Å². The Morgan fingerprint density at radius 2 is 2.05 bits per heavy atom. The fourth-order valence-corrected chi connectivity index (χ4v) is 2.61. The number of aryl methyl sites for hydroxylation is 1. The van der Waals surface area contributed by atoms with Crippen molar-refractivity contribution in [1.82, 2.24) is 0 Å². The molecule has 1 aromatic carbocycles. The molecule has 0 saturated heterocycles. The lowest BCUT2D eigenvalue weighted by atomic mass is 10.1. The van der Waals surface area contributed by atoms with Crippen LogP contribution >= 0.6 is 0 Å². The van der Waals surface area contributed by atoms with Crippen LogP contribution < -0.4 is 10.5 Å². The molecule has 1 atom stereocenters. The number of benzene rings is 1. The zero-order valence-electron chi connectivity index (χ0n) is 11.8. The monoisotopic (exact) mass is 285 g/mol. The van der Waals surface area contributed by atoms with Crippen LogP contribution in [-0.2, 0) is 9.84 Å². The fraction of sp³-hybridized carbons (Fsp3) is 0.571. The van der Waals surface area contributed by atoms with Gasteiger partial charge in [0.2, 0.25) is 0 Å². The first-order chi connectivity index (χ1) is 8.85. The summed E-state index contributed by atoms with van der Waals surface area (Å²) in [7, 11) is -2.91. The maximum absolute atomic E-state index is 11.4. The first kappa shape index (κ1) is 16.0. The summed E-state index contributed by atoms with van der Waals surface area (Å²) < 4.78 is 28.4. The molecule has 0 bridgehead atoms. The van der Waals surface area contributed by atoms with Crippen LogP contribution in [0.3, 0.4) is 0 Å². The van der Waals surface area contributed by atoms with E-state index in [0.717, 1.165) is 16.9 Å². The first-order valence-electron chi connectivity index (χ1n) is 6.55. The van der Waals surface area contributed by atoms with E-state index in [2.05, 4.69) is 0 Å². The van der Waals surface area contributed by atoms with Gasteiger partial charge in [-0.1, -0.05) is 24.6 Å². The molecule has 108 valence electrons. The molecule has 4 nitrogen and oxygen atoms in total. The van der Waals surface area contributed by atoms with Gasteiger partial charge < -0.3 is 10.5 Å². The molecule has 0 aliphatic heterocycles. The Morgan fingerprint density at radius 1 is 1.37 bits per heavy atom. The molecule has 0 aromatic heterocycles. The summed E-state index contributed by atoms with van der Waals surface area (Å²) in [6, 6.07) is 5.75. The molecule has 2 N–H and O–H groups in total. The molecular weight excluding hydrogens is 262 g/mol. The van der Waals surface area contributed by atoms with Gasteiger partial charge in [-0.2, -0.15) is 0 Å². The molecule has 1 aromatic rings. The van der Waals surface area contributed by atoms with Gasteiger partial charge in [0, 0.05) is 17.4 Å². The van der Waals surface area contributed by atoms with Crippen LogP contribution in [0.4, 0.5) is 0 Å². The summed E-state index contributed by atoms with van der Waals surface area (Å²) in [5, 5.41) is 0. The maximum atomic E-state index is 11.4. The van der Waals surface area contributed by atoms with Crippen molar-refractivity contribution >= 4 is 9.84 Å². The topological polar surface area (TPSA) is 69.4 Å². The van der Waals surface area contributed by atoms with E-state index in [-0.39, 0.29) is 17.5 Å². The summed E-state index contributed by atoms with van der Waals surface area (Å²) >= 11 is 0. The van der Waals surface area contributed by atoms with Gasteiger partial charge in [-0.25, -0.2) is 8.42 Å². The van der Waals surface area contributed by atoms with Crippen molar-refractivity contribution in [2.45, 2.75) is 33.2 Å². The minimum Gasteiger partial charge on any atom is -0.493 e. The number of nitrogens with two attached hydrogens (primary N) is 1. The third-order valence-corrected chi connectivity index (χ3v) is 4.74. The Kier molecular flexibility index (Phi) is 5.82. The van der Waals surface area contributed by atoms with Gasteiger partial charge in [0.15, 0.2) is 0 Å². The van der Waals surface area contributed by atoms with Gasteiger partial charge >= 0.3 is 0 Å². The molecule has 19 heavy (non-hydrogen) atoms. The Morgan fingerprint density at radius 3 is 2.63 bits per heavy atom.